The van der Waals surface area contributed by atoms with Crippen LogP contribution in [0.3, 0.4) is 0 Å². The molecule has 94 heavy (non-hydrogen) atoms. The van der Waals surface area contributed by atoms with E-state index in [0.29, 0.717) is 11.8 Å². The fourth-order valence-corrected chi connectivity index (χ4v) is 20.7. The zero-order chi connectivity index (χ0) is 66.3. The SMILES string of the molecule is CCCCCCCCC(CCCCC)CCc1c2cc(-c3ccc(-c4cc5c(CC(CC)CCCCCC)c6cc7c(=O)c(-c8ccc(C)s8)cc7c(CC(CC)CCCCCC)c6cc5c4=O)s3)sc2c(CCC(CCCCC)CCCCCCCC)c2cc(C)sc12. The Bertz CT molecular complexity index is 3740. The van der Waals surface area contributed by atoms with Gasteiger partial charge in [-0.3, -0.25) is 9.59 Å². The standard InChI is InChI=1S/C88H124O2S4/c1-11-19-25-29-31-37-43-65(41-33-23-15-5)46-48-67-77-53-62(10)92-87(77)68(49-47-66(42-34-24-16-6)44-38-32-30-26-20-12-2)78-60-84(94-88(67)78)83-52-51-82(93-83)80-59-74-70(55-64(18-8)40-36-28-22-14-4)71-56-75-73(58-79(85(75)89)81-50-45-61(9)91-81)69(72(71)57-76(74)86(80)90)54-63(17-7)39-35-27-21-13-3/h45,50-53,56-60,63-66H,11-44,46-49,54-55H2,1-10H3. The monoisotopic (exact) mass is 1340 g/mol. The summed E-state index contributed by atoms with van der Waals surface area (Å²) in [7, 11) is 0. The molecule has 4 heterocycles. The Balaban J connectivity index is 1.16. The van der Waals surface area contributed by atoms with E-state index in [-0.39, 0.29) is 10.9 Å². The Kier molecular flexibility index (Phi) is 30.4. The fraction of sp³-hybridized carbons (Fsp3) is 0.614. The van der Waals surface area contributed by atoms with E-state index in [1.165, 1.54) is 270 Å². The van der Waals surface area contributed by atoms with Crippen LogP contribution in [0.1, 0.15) is 319 Å². The van der Waals surface area contributed by atoms with Crippen LogP contribution in [0.2, 0.25) is 0 Å². The Morgan fingerprint density at radius 1 is 0.287 bits per heavy atom. The highest BCUT2D eigenvalue weighted by atomic mass is 32.1. The first-order chi connectivity index (χ1) is 46.0. The molecular formula is C88H124O2S4. The molecule has 0 amide bonds. The quantitative estimate of drug-likeness (QED) is 0.0356. The van der Waals surface area contributed by atoms with Crippen LogP contribution < -0.4 is 10.9 Å². The predicted molar refractivity (Wildman–Crippen MR) is 427 cm³/mol. The summed E-state index contributed by atoms with van der Waals surface area (Å²) >= 11 is 7.71. The van der Waals surface area contributed by atoms with Gasteiger partial charge in [0.1, 0.15) is 0 Å². The van der Waals surface area contributed by atoms with Crippen molar-refractivity contribution in [1.29, 1.82) is 0 Å². The number of aryl methyl sites for hydroxylation is 4. The maximum atomic E-state index is 15.8. The lowest BCUT2D eigenvalue weighted by Crippen LogP contribution is -2.08. The van der Waals surface area contributed by atoms with Gasteiger partial charge in [-0.25, -0.2) is 0 Å². The number of thiophene rings is 4. The molecule has 2 nitrogen and oxygen atoms in total. The molecule has 0 aliphatic rings. The predicted octanol–water partition coefficient (Wildman–Crippen LogP) is 29.8. The Labute approximate surface area is 587 Å². The molecule has 0 aliphatic heterocycles. The lowest BCUT2D eigenvalue weighted by Gasteiger charge is -2.21. The first kappa shape index (κ1) is 74.3. The van der Waals surface area contributed by atoms with E-state index >= 15 is 9.59 Å². The molecule has 4 aromatic heterocycles. The smallest absolute Gasteiger partial charge is 0.195 e. The molecule has 6 heteroatoms. The summed E-state index contributed by atoms with van der Waals surface area (Å²) in [6.45, 7) is 23.3. The van der Waals surface area contributed by atoms with Gasteiger partial charge in [0.15, 0.2) is 10.9 Å². The third-order valence-electron chi connectivity index (χ3n) is 22.3. The molecule has 0 N–H and O–H groups in total. The van der Waals surface area contributed by atoms with Crippen molar-refractivity contribution in [3.63, 3.8) is 0 Å². The third-order valence-corrected chi connectivity index (χ3v) is 26.9. The lowest BCUT2D eigenvalue weighted by molar-refractivity contribution is 0.383. The third kappa shape index (κ3) is 19.3. The van der Waals surface area contributed by atoms with Gasteiger partial charge in [0.25, 0.3) is 0 Å². The highest BCUT2D eigenvalue weighted by Gasteiger charge is 2.27. The number of benzene rings is 3. The minimum Gasteiger partial charge on any atom is -0.289 e. The minimum atomic E-state index is 0.160. The van der Waals surface area contributed by atoms with Crippen LogP contribution in [0.25, 0.3) is 83.1 Å². The van der Waals surface area contributed by atoms with Crippen molar-refractivity contribution >= 4 is 97.8 Å². The Morgan fingerprint density at radius 2 is 0.649 bits per heavy atom. The summed E-state index contributed by atoms with van der Waals surface area (Å²) in [5.41, 5.74) is 7.82. The molecular weight excluding hydrogens is 1220 g/mol. The van der Waals surface area contributed by atoms with Crippen LogP contribution in [0, 0.1) is 37.5 Å². The average Bonchev–Trinajstić information content (AvgIpc) is 1.52. The van der Waals surface area contributed by atoms with Crippen LogP contribution in [0.15, 0.2) is 70.3 Å². The summed E-state index contributed by atoms with van der Waals surface area (Å²) < 4.78 is 3.11. The van der Waals surface area contributed by atoms with Crippen LogP contribution in [-0.2, 0) is 25.7 Å². The van der Waals surface area contributed by atoms with Crippen LogP contribution in [0.5, 0.6) is 0 Å². The summed E-state index contributed by atoms with van der Waals surface area (Å²) in [5.74, 6) is 2.55. The van der Waals surface area contributed by atoms with Gasteiger partial charge in [0.2, 0.25) is 0 Å². The summed E-state index contributed by atoms with van der Waals surface area (Å²) in [6, 6.07) is 23.3. The maximum absolute atomic E-state index is 15.8. The molecule has 0 bridgehead atoms. The van der Waals surface area contributed by atoms with Crippen molar-refractivity contribution in [3.05, 3.63) is 113 Å². The molecule has 9 aromatic rings. The number of fused-ring (bicyclic) bond motifs is 5. The lowest BCUT2D eigenvalue weighted by atomic mass is 9.83. The highest BCUT2D eigenvalue weighted by Crippen LogP contribution is 2.49. The average molecular weight is 1340 g/mol. The van der Waals surface area contributed by atoms with Gasteiger partial charge in [-0.05, 0) is 191 Å². The van der Waals surface area contributed by atoms with Gasteiger partial charge < -0.3 is 0 Å². The van der Waals surface area contributed by atoms with Crippen molar-refractivity contribution < 1.29 is 0 Å². The molecule has 0 fully saturated rings. The molecule has 4 unspecified atom stereocenters. The van der Waals surface area contributed by atoms with E-state index in [9.17, 15) is 0 Å². The Morgan fingerprint density at radius 3 is 1.10 bits per heavy atom. The summed E-state index contributed by atoms with van der Waals surface area (Å²) in [4.78, 5) is 38.2. The van der Waals surface area contributed by atoms with Crippen molar-refractivity contribution in [2.75, 3.05) is 0 Å². The number of rotatable bonds is 47. The van der Waals surface area contributed by atoms with Gasteiger partial charge >= 0.3 is 0 Å². The first-order valence-corrected chi connectivity index (χ1v) is 42.6. The number of hydrogen-bond donors (Lipinski definition) is 0. The van der Waals surface area contributed by atoms with E-state index in [1.54, 1.807) is 32.5 Å². The number of hydrogen-bond acceptors (Lipinski definition) is 6. The topological polar surface area (TPSA) is 34.1 Å². The summed E-state index contributed by atoms with van der Waals surface area (Å²) in [6.07, 6.45) is 51.2. The normalized spacial score (nSPS) is 13.6. The van der Waals surface area contributed by atoms with Crippen molar-refractivity contribution in [2.45, 2.75) is 326 Å². The first-order valence-electron chi connectivity index (χ1n) is 39.3. The van der Waals surface area contributed by atoms with Crippen LogP contribution in [-0.4, -0.2) is 0 Å². The fourth-order valence-electron chi connectivity index (χ4n) is 16.3. The molecule has 0 saturated carbocycles. The minimum absolute atomic E-state index is 0.160. The Hall–Kier alpha value is -3.94. The second kappa shape index (κ2) is 38.4. The van der Waals surface area contributed by atoms with E-state index in [4.69, 9.17) is 0 Å². The summed E-state index contributed by atoms with van der Waals surface area (Å²) in [5, 5.41) is 9.43. The highest BCUT2D eigenvalue weighted by molar-refractivity contribution is 7.27. The van der Waals surface area contributed by atoms with Crippen molar-refractivity contribution in [1.82, 2.24) is 0 Å². The molecule has 0 radical (unpaired) electrons. The van der Waals surface area contributed by atoms with Crippen LogP contribution in [0.4, 0.5) is 0 Å². The second-order valence-electron chi connectivity index (χ2n) is 29.6. The van der Waals surface area contributed by atoms with E-state index in [2.05, 4.69) is 153 Å². The molecule has 0 saturated heterocycles. The van der Waals surface area contributed by atoms with Crippen molar-refractivity contribution in [3.8, 4) is 30.6 Å². The number of unbranched alkanes of at least 4 members (excludes halogenated alkanes) is 20. The van der Waals surface area contributed by atoms with Gasteiger partial charge in [-0.1, -0.05) is 274 Å². The molecule has 4 atom stereocenters. The van der Waals surface area contributed by atoms with E-state index in [0.717, 1.165) is 92.8 Å². The molecule has 0 spiro atoms. The van der Waals surface area contributed by atoms with Crippen molar-refractivity contribution in [2.24, 2.45) is 23.7 Å². The largest absolute Gasteiger partial charge is 0.289 e. The molecule has 512 valence electrons. The zero-order valence-electron chi connectivity index (χ0n) is 60.8. The molecule has 9 rings (SSSR count). The maximum Gasteiger partial charge on any atom is 0.195 e. The van der Waals surface area contributed by atoms with Gasteiger partial charge in [-0.2, -0.15) is 0 Å². The molecule has 0 aliphatic carbocycles. The van der Waals surface area contributed by atoms with E-state index < -0.39 is 0 Å². The second-order valence-corrected chi connectivity index (χ2v) is 34.2. The van der Waals surface area contributed by atoms with Gasteiger partial charge in [0.05, 0.1) is 0 Å². The zero-order valence-corrected chi connectivity index (χ0v) is 64.1. The molecule has 5 aromatic carbocycles. The van der Waals surface area contributed by atoms with Gasteiger partial charge in [0, 0.05) is 60.6 Å². The van der Waals surface area contributed by atoms with Gasteiger partial charge in [-0.15, -0.1) is 45.3 Å². The van der Waals surface area contributed by atoms with E-state index in [1.807, 2.05) is 11.3 Å². The van der Waals surface area contributed by atoms with Crippen LogP contribution >= 0.6 is 45.3 Å².